The predicted octanol–water partition coefficient (Wildman–Crippen LogP) is 4.26. The van der Waals surface area contributed by atoms with Gasteiger partial charge in [0.15, 0.2) is 6.61 Å². The summed E-state index contributed by atoms with van der Waals surface area (Å²) in [6.45, 7) is -0.0679. The Morgan fingerprint density at radius 1 is 0.786 bits per heavy atom. The van der Waals surface area contributed by atoms with Crippen molar-refractivity contribution >= 4 is 11.9 Å². The Balaban J connectivity index is 1.46. The van der Waals surface area contributed by atoms with Gasteiger partial charge in [-0.3, -0.25) is 0 Å². The van der Waals surface area contributed by atoms with Crippen LogP contribution in [0.15, 0.2) is 78.9 Å². The molecule has 0 N–H and O–H groups in total. The summed E-state index contributed by atoms with van der Waals surface area (Å²) in [5.41, 5.74) is 3.41. The van der Waals surface area contributed by atoms with E-state index in [1.54, 1.807) is 24.3 Å². The smallest absolute Gasteiger partial charge is 0.344 e. The van der Waals surface area contributed by atoms with Crippen LogP contribution in [-0.4, -0.2) is 25.7 Å². The lowest BCUT2D eigenvalue weighted by molar-refractivity contribution is -0.147. The van der Waals surface area contributed by atoms with E-state index in [4.69, 9.17) is 9.47 Å². The second-order valence-corrected chi connectivity index (χ2v) is 6.03. The van der Waals surface area contributed by atoms with Gasteiger partial charge >= 0.3 is 11.9 Å². The first kappa shape index (κ1) is 19.2. The van der Waals surface area contributed by atoms with Gasteiger partial charge in [-0.05, 0) is 41.0 Å². The van der Waals surface area contributed by atoms with Crippen LogP contribution in [0, 0.1) is 0 Å². The molecule has 3 aromatic rings. The Bertz CT molecular complexity index is 915. The number of hydrogen-bond acceptors (Lipinski definition) is 5. The highest BCUT2D eigenvalue weighted by Crippen LogP contribution is 2.22. The molecule has 0 aromatic heterocycles. The summed E-state index contributed by atoms with van der Waals surface area (Å²) in [6.07, 6.45) is 0. The standard InChI is InChI=1S/C23H20O5/c1-26-23(25)20-9-7-17(8-10-20)15-28-22(24)16-27-21-13-11-19(12-14-21)18-5-3-2-4-6-18/h2-14H,15-16H2,1H3. The molecule has 0 saturated carbocycles. The number of carbonyl (C=O) groups excluding carboxylic acids is 2. The number of rotatable bonds is 7. The topological polar surface area (TPSA) is 61.8 Å². The van der Waals surface area contributed by atoms with E-state index in [0.29, 0.717) is 11.3 Å². The second-order valence-electron chi connectivity index (χ2n) is 6.03. The molecular formula is C23H20O5. The minimum Gasteiger partial charge on any atom is -0.482 e. The third-order valence-electron chi connectivity index (χ3n) is 4.09. The van der Waals surface area contributed by atoms with Crippen LogP contribution in [0.4, 0.5) is 0 Å². The van der Waals surface area contributed by atoms with Crippen LogP contribution in [0.5, 0.6) is 5.75 Å². The molecular weight excluding hydrogens is 356 g/mol. The summed E-state index contributed by atoms with van der Waals surface area (Å²) in [5.74, 6) is -0.279. The van der Waals surface area contributed by atoms with Crippen molar-refractivity contribution in [3.63, 3.8) is 0 Å². The fourth-order valence-electron chi connectivity index (χ4n) is 2.58. The normalized spacial score (nSPS) is 10.2. The van der Waals surface area contributed by atoms with Gasteiger partial charge in [0.2, 0.25) is 0 Å². The first-order valence-electron chi connectivity index (χ1n) is 8.77. The minimum absolute atomic E-state index is 0.108. The van der Waals surface area contributed by atoms with Crippen LogP contribution < -0.4 is 4.74 Å². The van der Waals surface area contributed by atoms with Crippen molar-refractivity contribution < 1.29 is 23.8 Å². The maximum absolute atomic E-state index is 11.9. The van der Waals surface area contributed by atoms with Gasteiger partial charge in [0.1, 0.15) is 12.4 Å². The van der Waals surface area contributed by atoms with E-state index in [9.17, 15) is 9.59 Å². The molecule has 142 valence electrons. The quantitative estimate of drug-likeness (QED) is 0.577. The highest BCUT2D eigenvalue weighted by Gasteiger charge is 2.07. The Labute approximate surface area is 163 Å². The van der Waals surface area contributed by atoms with Crippen molar-refractivity contribution in [3.8, 4) is 16.9 Å². The van der Waals surface area contributed by atoms with Crippen molar-refractivity contribution in [1.82, 2.24) is 0 Å². The van der Waals surface area contributed by atoms with Crippen molar-refractivity contribution in [2.24, 2.45) is 0 Å². The fraction of sp³-hybridized carbons (Fsp3) is 0.130. The van der Waals surface area contributed by atoms with Gasteiger partial charge in [-0.15, -0.1) is 0 Å². The summed E-state index contributed by atoms with van der Waals surface area (Å²) in [5, 5.41) is 0. The molecule has 3 aromatic carbocycles. The first-order valence-corrected chi connectivity index (χ1v) is 8.77. The molecule has 0 atom stereocenters. The van der Waals surface area contributed by atoms with Gasteiger partial charge in [-0.25, -0.2) is 9.59 Å². The Kier molecular flexibility index (Phi) is 6.41. The van der Waals surface area contributed by atoms with E-state index >= 15 is 0 Å². The van der Waals surface area contributed by atoms with Gasteiger partial charge in [-0.1, -0.05) is 54.6 Å². The number of benzene rings is 3. The summed E-state index contributed by atoms with van der Waals surface area (Å²) < 4.78 is 15.3. The molecule has 5 heteroatoms. The maximum Gasteiger partial charge on any atom is 0.344 e. The Morgan fingerprint density at radius 3 is 2.07 bits per heavy atom. The van der Waals surface area contributed by atoms with Gasteiger partial charge < -0.3 is 14.2 Å². The monoisotopic (exact) mass is 376 g/mol. The molecule has 0 saturated heterocycles. The number of esters is 2. The van der Waals surface area contributed by atoms with E-state index in [1.165, 1.54) is 7.11 Å². The Morgan fingerprint density at radius 2 is 1.43 bits per heavy atom. The van der Waals surface area contributed by atoms with Crippen LogP contribution in [0.3, 0.4) is 0 Å². The third kappa shape index (κ3) is 5.20. The number of carbonyl (C=O) groups is 2. The molecule has 0 fully saturated rings. The zero-order valence-electron chi connectivity index (χ0n) is 15.5. The molecule has 0 aliphatic heterocycles. The average Bonchev–Trinajstić information content (AvgIpc) is 2.77. The first-order chi connectivity index (χ1) is 13.7. The van der Waals surface area contributed by atoms with E-state index < -0.39 is 11.9 Å². The van der Waals surface area contributed by atoms with E-state index in [2.05, 4.69) is 4.74 Å². The summed E-state index contributed by atoms with van der Waals surface area (Å²) >= 11 is 0. The van der Waals surface area contributed by atoms with Crippen LogP contribution in [0.25, 0.3) is 11.1 Å². The zero-order chi connectivity index (χ0) is 19.8. The molecule has 0 heterocycles. The summed E-state index contributed by atoms with van der Waals surface area (Å²) in [7, 11) is 1.33. The largest absolute Gasteiger partial charge is 0.482 e. The van der Waals surface area contributed by atoms with Crippen molar-refractivity contribution in [2.45, 2.75) is 6.61 Å². The molecule has 0 radical (unpaired) electrons. The highest BCUT2D eigenvalue weighted by atomic mass is 16.6. The molecule has 0 unspecified atom stereocenters. The molecule has 3 rings (SSSR count). The molecule has 0 bridgehead atoms. The van der Waals surface area contributed by atoms with Gasteiger partial charge in [0.05, 0.1) is 12.7 Å². The van der Waals surface area contributed by atoms with Crippen LogP contribution in [-0.2, 0) is 20.9 Å². The SMILES string of the molecule is COC(=O)c1ccc(COC(=O)COc2ccc(-c3ccccc3)cc2)cc1. The lowest BCUT2D eigenvalue weighted by Crippen LogP contribution is -2.14. The average molecular weight is 376 g/mol. The summed E-state index contributed by atoms with van der Waals surface area (Å²) in [4.78, 5) is 23.3. The number of methoxy groups -OCH3 is 1. The molecule has 0 spiro atoms. The van der Waals surface area contributed by atoms with E-state index in [-0.39, 0.29) is 13.2 Å². The molecule has 0 aliphatic carbocycles. The van der Waals surface area contributed by atoms with Crippen molar-refractivity contribution in [2.75, 3.05) is 13.7 Å². The molecule has 0 aliphatic rings. The Hall–Kier alpha value is -3.60. The van der Waals surface area contributed by atoms with E-state index in [1.807, 2.05) is 54.6 Å². The van der Waals surface area contributed by atoms with Crippen molar-refractivity contribution in [3.05, 3.63) is 90.0 Å². The summed E-state index contributed by atoms with van der Waals surface area (Å²) in [6, 6.07) is 24.2. The molecule has 28 heavy (non-hydrogen) atoms. The third-order valence-corrected chi connectivity index (χ3v) is 4.09. The molecule has 5 nitrogen and oxygen atoms in total. The minimum atomic E-state index is -0.468. The number of hydrogen-bond donors (Lipinski definition) is 0. The second kappa shape index (κ2) is 9.37. The van der Waals surface area contributed by atoms with E-state index in [0.717, 1.165) is 16.7 Å². The van der Waals surface area contributed by atoms with Crippen molar-refractivity contribution in [1.29, 1.82) is 0 Å². The van der Waals surface area contributed by atoms with Crippen LogP contribution in [0.1, 0.15) is 15.9 Å². The predicted molar refractivity (Wildman–Crippen MR) is 105 cm³/mol. The van der Waals surface area contributed by atoms with Crippen LogP contribution >= 0.6 is 0 Å². The maximum atomic E-state index is 11.9. The lowest BCUT2D eigenvalue weighted by Gasteiger charge is -2.08. The fourth-order valence-corrected chi connectivity index (χ4v) is 2.58. The van der Waals surface area contributed by atoms with Gasteiger partial charge in [0.25, 0.3) is 0 Å². The lowest BCUT2D eigenvalue weighted by atomic mass is 10.1. The van der Waals surface area contributed by atoms with Crippen LogP contribution in [0.2, 0.25) is 0 Å². The van der Waals surface area contributed by atoms with Gasteiger partial charge in [-0.2, -0.15) is 0 Å². The zero-order valence-corrected chi connectivity index (χ0v) is 15.5. The van der Waals surface area contributed by atoms with Gasteiger partial charge in [0, 0.05) is 0 Å². The number of ether oxygens (including phenoxy) is 3. The molecule has 0 amide bonds. The highest BCUT2D eigenvalue weighted by molar-refractivity contribution is 5.89.